The van der Waals surface area contributed by atoms with Gasteiger partial charge in [-0.15, -0.1) is 5.92 Å². The van der Waals surface area contributed by atoms with Crippen molar-refractivity contribution in [1.29, 1.82) is 0 Å². The number of nitrogens with one attached hydrogen (secondary N) is 1. The molecule has 0 fully saturated rings. The zero-order valence-corrected chi connectivity index (χ0v) is 13.5. The lowest BCUT2D eigenvalue weighted by molar-refractivity contribution is -0.125. The predicted octanol–water partition coefficient (Wildman–Crippen LogP) is 2.22. The maximum atomic E-state index is 11.3. The normalized spacial score (nSPS) is 21.1. The van der Waals surface area contributed by atoms with Gasteiger partial charge >= 0.3 is 0 Å². The van der Waals surface area contributed by atoms with E-state index in [4.69, 9.17) is 9.47 Å². The van der Waals surface area contributed by atoms with E-state index in [9.17, 15) is 4.79 Å². The molecule has 1 amide bonds. The molecule has 1 rings (SSSR count). The first-order valence-electron chi connectivity index (χ1n) is 6.64. The molecule has 20 heavy (non-hydrogen) atoms. The maximum absolute atomic E-state index is 11.3. The first-order chi connectivity index (χ1) is 9.72. The van der Waals surface area contributed by atoms with Crippen LogP contribution in [0.4, 0.5) is 0 Å². The number of hydrogen-bond acceptors (Lipinski definition) is 5. The van der Waals surface area contributed by atoms with Crippen molar-refractivity contribution in [2.75, 3.05) is 26.4 Å². The highest BCUT2D eigenvalue weighted by Crippen LogP contribution is 2.36. The molecule has 2 atom stereocenters. The van der Waals surface area contributed by atoms with Crippen LogP contribution >= 0.6 is 21.6 Å². The number of ether oxygens (including phenoxy) is 2. The molecule has 1 N–H and O–H groups in total. The van der Waals surface area contributed by atoms with Gasteiger partial charge in [0.1, 0.15) is 12.0 Å². The van der Waals surface area contributed by atoms with E-state index in [1.54, 1.807) is 21.6 Å². The van der Waals surface area contributed by atoms with Crippen molar-refractivity contribution in [3.63, 3.8) is 0 Å². The summed E-state index contributed by atoms with van der Waals surface area (Å²) in [6, 6.07) is 0. The summed E-state index contributed by atoms with van der Waals surface area (Å²) in [5, 5.41) is 3.20. The van der Waals surface area contributed by atoms with E-state index in [1.165, 1.54) is 0 Å². The molecule has 112 valence electrons. The maximum Gasteiger partial charge on any atom is 0.246 e. The second-order valence-corrected chi connectivity index (χ2v) is 6.81. The Morgan fingerprint density at radius 3 is 2.85 bits per heavy atom. The van der Waals surface area contributed by atoms with Gasteiger partial charge in [0.05, 0.1) is 19.8 Å². The Bertz CT molecular complexity index is 376. The van der Waals surface area contributed by atoms with Gasteiger partial charge in [0.25, 0.3) is 0 Å². The Kier molecular flexibility index (Phi) is 9.67. The van der Waals surface area contributed by atoms with Crippen molar-refractivity contribution < 1.29 is 14.3 Å². The fourth-order valence-electron chi connectivity index (χ4n) is 1.31. The summed E-state index contributed by atoms with van der Waals surface area (Å²) in [7, 11) is 3.50. The second-order valence-electron chi connectivity index (χ2n) is 4.06. The molecule has 0 spiro atoms. The van der Waals surface area contributed by atoms with Crippen LogP contribution in [0.5, 0.6) is 0 Å². The Labute approximate surface area is 128 Å². The number of hydrogen-bond donors (Lipinski definition) is 1. The van der Waals surface area contributed by atoms with Gasteiger partial charge in [-0.1, -0.05) is 40.5 Å². The van der Waals surface area contributed by atoms with Crippen LogP contribution < -0.4 is 5.32 Å². The first kappa shape index (κ1) is 17.4. The molecular formula is C14H21NO3S2. The highest BCUT2D eigenvalue weighted by atomic mass is 33.1. The largest absolute Gasteiger partial charge is 0.369 e. The monoisotopic (exact) mass is 315 g/mol. The lowest BCUT2D eigenvalue weighted by Gasteiger charge is -2.19. The summed E-state index contributed by atoms with van der Waals surface area (Å²) >= 11 is 0. The quantitative estimate of drug-likeness (QED) is 0.338. The Morgan fingerprint density at radius 2 is 2.15 bits per heavy atom. The molecule has 0 saturated carbocycles. The van der Waals surface area contributed by atoms with Crippen LogP contribution in [0.1, 0.15) is 20.3 Å². The van der Waals surface area contributed by atoms with Crippen molar-refractivity contribution in [2.45, 2.75) is 31.0 Å². The number of amides is 1. The molecule has 1 aliphatic heterocycles. The van der Waals surface area contributed by atoms with E-state index >= 15 is 0 Å². The van der Waals surface area contributed by atoms with Crippen LogP contribution in [-0.2, 0) is 14.3 Å². The molecular weight excluding hydrogens is 294 g/mol. The minimum absolute atomic E-state index is 0.0522. The Hall–Kier alpha value is -0.610. The van der Waals surface area contributed by atoms with E-state index in [2.05, 4.69) is 36.2 Å². The molecule has 0 aromatic heterocycles. The number of carbonyl (C=O) groups excluding carboxylic acids is 1. The zero-order chi connectivity index (χ0) is 14.6. The minimum atomic E-state index is -0.147. The molecule has 2 unspecified atom stereocenters. The molecule has 0 bridgehead atoms. The summed E-state index contributed by atoms with van der Waals surface area (Å²) in [4.78, 5) is 11.3. The molecule has 6 heteroatoms. The second kappa shape index (κ2) is 11.1. The van der Waals surface area contributed by atoms with Crippen LogP contribution in [0.15, 0.2) is 12.2 Å². The van der Waals surface area contributed by atoms with E-state index in [-0.39, 0.29) is 18.0 Å². The smallest absolute Gasteiger partial charge is 0.246 e. The van der Waals surface area contributed by atoms with Crippen LogP contribution in [0.3, 0.4) is 0 Å². The van der Waals surface area contributed by atoms with E-state index in [0.717, 1.165) is 6.42 Å². The third-order valence-corrected chi connectivity index (χ3v) is 5.13. The molecule has 0 aromatic rings. The van der Waals surface area contributed by atoms with Crippen molar-refractivity contribution in [3.8, 4) is 11.8 Å². The first-order valence-corrected chi connectivity index (χ1v) is 8.92. The average molecular weight is 315 g/mol. The van der Waals surface area contributed by atoms with Crippen molar-refractivity contribution in [3.05, 3.63) is 12.2 Å². The summed E-state index contributed by atoms with van der Waals surface area (Å²) < 4.78 is 10.8. The molecule has 0 aromatic carbocycles. The zero-order valence-electron chi connectivity index (χ0n) is 11.9. The number of carbonyl (C=O) groups is 1. The molecule has 0 aliphatic carbocycles. The van der Waals surface area contributed by atoms with Crippen LogP contribution in [-0.4, -0.2) is 43.0 Å². The van der Waals surface area contributed by atoms with Gasteiger partial charge < -0.3 is 14.8 Å². The summed E-state index contributed by atoms with van der Waals surface area (Å²) in [6.07, 6.45) is 5.00. The van der Waals surface area contributed by atoms with E-state index < -0.39 is 0 Å². The fourth-order valence-corrected chi connectivity index (χ4v) is 3.46. The number of rotatable bonds is 7. The molecule has 0 radical (unpaired) electrons. The van der Waals surface area contributed by atoms with Gasteiger partial charge in [-0.05, 0) is 13.0 Å². The topological polar surface area (TPSA) is 47.6 Å². The van der Waals surface area contributed by atoms with Crippen LogP contribution in [0.25, 0.3) is 0 Å². The lowest BCUT2D eigenvalue weighted by Crippen LogP contribution is -2.28. The van der Waals surface area contributed by atoms with Crippen molar-refractivity contribution >= 4 is 27.5 Å². The Balaban J connectivity index is 1.96. The molecule has 1 heterocycles. The van der Waals surface area contributed by atoms with E-state index in [1.807, 2.05) is 6.92 Å². The van der Waals surface area contributed by atoms with Crippen molar-refractivity contribution in [1.82, 2.24) is 5.32 Å². The van der Waals surface area contributed by atoms with Gasteiger partial charge in [0.15, 0.2) is 0 Å². The average Bonchev–Trinajstić information content (AvgIpc) is 2.45. The van der Waals surface area contributed by atoms with Gasteiger partial charge in [-0.3, -0.25) is 4.79 Å². The minimum Gasteiger partial charge on any atom is -0.369 e. The highest BCUT2D eigenvalue weighted by Gasteiger charge is 2.13. The van der Waals surface area contributed by atoms with Gasteiger partial charge in [0.2, 0.25) is 5.91 Å². The molecule has 1 aliphatic rings. The SMILES string of the molecule is CCC#CCNC(=O)COCCOC1C=CC(C)SS1. The summed E-state index contributed by atoms with van der Waals surface area (Å²) in [5.74, 6) is 5.58. The van der Waals surface area contributed by atoms with Gasteiger partial charge in [-0.25, -0.2) is 0 Å². The fraction of sp³-hybridized carbons (Fsp3) is 0.643. The predicted molar refractivity (Wildman–Crippen MR) is 85.4 cm³/mol. The third-order valence-electron chi connectivity index (χ3n) is 2.26. The van der Waals surface area contributed by atoms with Gasteiger partial charge in [0, 0.05) is 11.7 Å². The van der Waals surface area contributed by atoms with Crippen molar-refractivity contribution in [2.24, 2.45) is 0 Å². The standard InChI is InChI=1S/C14H21NO3S2/c1-3-4-5-8-15-13(16)11-17-9-10-18-14-7-6-12(2)19-20-14/h6-7,12,14H,3,8-11H2,1-2H3,(H,15,16). The lowest BCUT2D eigenvalue weighted by atomic mass is 10.4. The van der Waals surface area contributed by atoms with E-state index in [0.29, 0.717) is 25.0 Å². The van der Waals surface area contributed by atoms with Crippen LogP contribution in [0, 0.1) is 11.8 Å². The summed E-state index contributed by atoms with van der Waals surface area (Å²) in [6.45, 7) is 5.45. The Morgan fingerprint density at radius 1 is 1.30 bits per heavy atom. The summed E-state index contributed by atoms with van der Waals surface area (Å²) in [5.41, 5.74) is 0.0814. The third kappa shape index (κ3) is 8.54. The molecule has 0 saturated heterocycles. The highest BCUT2D eigenvalue weighted by molar-refractivity contribution is 8.77. The van der Waals surface area contributed by atoms with Gasteiger partial charge in [-0.2, -0.15) is 0 Å². The van der Waals surface area contributed by atoms with Crippen LogP contribution in [0.2, 0.25) is 0 Å². The molecule has 4 nitrogen and oxygen atoms in total.